The number of nitrogens with zero attached hydrogens (tertiary/aromatic N) is 2. The van der Waals surface area contributed by atoms with E-state index < -0.39 is 6.61 Å². The maximum absolute atomic E-state index is 12.7. The molecule has 0 unspecified atom stereocenters. The molecule has 0 saturated carbocycles. The summed E-state index contributed by atoms with van der Waals surface area (Å²) in [6.07, 6.45) is 3.89. The molecule has 0 spiro atoms. The first kappa shape index (κ1) is 18.1. The van der Waals surface area contributed by atoms with E-state index in [1.54, 1.807) is 30.5 Å². The zero-order valence-electron chi connectivity index (χ0n) is 14.5. The molecule has 138 valence electrons. The summed E-state index contributed by atoms with van der Waals surface area (Å²) in [6.45, 7) is 0.788. The summed E-state index contributed by atoms with van der Waals surface area (Å²) in [4.78, 5) is 19.2. The summed E-state index contributed by atoms with van der Waals surface area (Å²) in [5, 5.41) is 2.94. The molecule has 1 saturated heterocycles. The molecule has 1 atom stereocenters. The molecular weight excluding hydrogens is 340 g/mol. The van der Waals surface area contributed by atoms with Gasteiger partial charge in [0.15, 0.2) is 0 Å². The Morgan fingerprint density at radius 3 is 2.54 bits per heavy atom. The lowest BCUT2D eigenvalue weighted by Crippen LogP contribution is -2.30. The van der Waals surface area contributed by atoms with Crippen molar-refractivity contribution in [2.45, 2.75) is 32.4 Å². The molecule has 2 aromatic rings. The third-order valence-electron chi connectivity index (χ3n) is 4.39. The molecule has 3 rings (SSSR count). The summed E-state index contributed by atoms with van der Waals surface area (Å²) >= 11 is 0. The van der Waals surface area contributed by atoms with Crippen LogP contribution in [0, 0.1) is 0 Å². The fraction of sp³-hybridized carbons (Fsp3) is 0.368. The van der Waals surface area contributed by atoms with E-state index in [0.29, 0.717) is 11.4 Å². The Labute approximate surface area is 151 Å². The molecule has 1 aliphatic rings. The molecule has 1 aromatic heterocycles. The van der Waals surface area contributed by atoms with Gasteiger partial charge in [-0.2, -0.15) is 8.78 Å². The molecular formula is C19H21F2N3O2. The number of alkyl halides is 2. The number of carbonyl (C=O) groups excluding carboxylic acids is 1. The van der Waals surface area contributed by atoms with E-state index >= 15 is 0 Å². The highest BCUT2D eigenvalue weighted by Gasteiger charge is 2.21. The van der Waals surface area contributed by atoms with Gasteiger partial charge in [0.1, 0.15) is 11.6 Å². The predicted octanol–water partition coefficient (Wildman–Crippen LogP) is 3.77. The summed E-state index contributed by atoms with van der Waals surface area (Å²) in [5.74, 6) is 0.585. The lowest BCUT2D eigenvalue weighted by Gasteiger charge is -2.21. The Balaban J connectivity index is 1.69. The number of hydrogen-bond donors (Lipinski definition) is 1. The van der Waals surface area contributed by atoms with E-state index in [2.05, 4.69) is 19.9 Å². The van der Waals surface area contributed by atoms with E-state index in [9.17, 15) is 13.6 Å². The fourth-order valence-electron chi connectivity index (χ4n) is 3.05. The number of amides is 1. The molecule has 1 aromatic carbocycles. The van der Waals surface area contributed by atoms with Gasteiger partial charge in [0.25, 0.3) is 5.91 Å². The van der Waals surface area contributed by atoms with Crippen LogP contribution in [0.5, 0.6) is 5.75 Å². The van der Waals surface area contributed by atoms with Crippen molar-refractivity contribution in [1.29, 1.82) is 0 Å². The maximum atomic E-state index is 12.7. The lowest BCUT2D eigenvalue weighted by atomic mass is 10.1. The van der Waals surface area contributed by atoms with E-state index in [1.165, 1.54) is 12.1 Å². The van der Waals surface area contributed by atoms with Crippen molar-refractivity contribution in [2.24, 2.45) is 0 Å². The van der Waals surface area contributed by atoms with Crippen molar-refractivity contribution in [3.05, 3.63) is 53.7 Å². The zero-order valence-corrected chi connectivity index (χ0v) is 14.5. The summed E-state index contributed by atoms with van der Waals surface area (Å²) < 4.78 is 28.8. The minimum absolute atomic E-state index is 0.0888. The third kappa shape index (κ3) is 4.28. The largest absolute Gasteiger partial charge is 0.435 e. The predicted molar refractivity (Wildman–Crippen MR) is 94.6 cm³/mol. The van der Waals surface area contributed by atoms with Gasteiger partial charge in [0, 0.05) is 19.3 Å². The Morgan fingerprint density at radius 1 is 1.19 bits per heavy atom. The Kier molecular flexibility index (Phi) is 5.65. The lowest BCUT2D eigenvalue weighted by molar-refractivity contribution is -0.0498. The van der Waals surface area contributed by atoms with Crippen LogP contribution >= 0.6 is 0 Å². The van der Waals surface area contributed by atoms with Gasteiger partial charge in [-0.15, -0.1) is 0 Å². The standard InChI is InChI=1S/C19H21F2N3O2/c1-13(14-6-8-15(9-7-14)26-19(20)21)23-18(25)16-5-4-10-22-17(16)24-11-2-3-12-24/h4-10,13,19H,2-3,11-12H2,1H3,(H,23,25)/t13-/m0/s1. The Hall–Kier alpha value is -2.70. The molecule has 0 radical (unpaired) electrons. The Bertz CT molecular complexity index is 747. The van der Waals surface area contributed by atoms with Crippen molar-refractivity contribution < 1.29 is 18.3 Å². The van der Waals surface area contributed by atoms with Crippen molar-refractivity contribution in [1.82, 2.24) is 10.3 Å². The molecule has 1 amide bonds. The average molecular weight is 361 g/mol. The quantitative estimate of drug-likeness (QED) is 0.851. The van der Waals surface area contributed by atoms with Crippen LogP contribution in [0.1, 0.15) is 41.7 Å². The normalized spacial score (nSPS) is 15.2. The van der Waals surface area contributed by atoms with E-state index in [0.717, 1.165) is 31.5 Å². The van der Waals surface area contributed by atoms with Crippen molar-refractivity contribution in [3.63, 3.8) is 0 Å². The average Bonchev–Trinajstić information content (AvgIpc) is 3.16. The number of nitrogens with one attached hydrogen (secondary N) is 1. The van der Waals surface area contributed by atoms with Crippen LogP contribution in [0.15, 0.2) is 42.6 Å². The summed E-state index contributed by atoms with van der Waals surface area (Å²) in [7, 11) is 0. The SMILES string of the molecule is C[C@H](NC(=O)c1cccnc1N1CCCC1)c1ccc(OC(F)F)cc1. The topological polar surface area (TPSA) is 54.5 Å². The molecule has 1 N–H and O–H groups in total. The molecule has 5 nitrogen and oxygen atoms in total. The summed E-state index contributed by atoms with van der Waals surface area (Å²) in [5.41, 5.74) is 1.34. The second-order valence-electron chi connectivity index (χ2n) is 6.21. The highest BCUT2D eigenvalue weighted by Crippen LogP contribution is 2.23. The number of pyridine rings is 1. The summed E-state index contributed by atoms with van der Waals surface area (Å²) in [6, 6.07) is 9.47. The number of benzene rings is 1. The molecule has 26 heavy (non-hydrogen) atoms. The number of hydrogen-bond acceptors (Lipinski definition) is 4. The maximum Gasteiger partial charge on any atom is 0.387 e. The van der Waals surface area contributed by atoms with Crippen LogP contribution in [-0.4, -0.2) is 30.6 Å². The number of anilines is 1. The minimum Gasteiger partial charge on any atom is -0.435 e. The van der Waals surface area contributed by atoms with Crippen LogP contribution < -0.4 is 15.0 Å². The van der Waals surface area contributed by atoms with Gasteiger partial charge in [-0.25, -0.2) is 4.98 Å². The molecule has 0 bridgehead atoms. The molecule has 1 fully saturated rings. The van der Waals surface area contributed by atoms with E-state index in [1.807, 2.05) is 6.92 Å². The van der Waals surface area contributed by atoms with Crippen LogP contribution in [0.2, 0.25) is 0 Å². The number of halogens is 2. The van der Waals surface area contributed by atoms with Crippen LogP contribution in [0.3, 0.4) is 0 Å². The highest BCUT2D eigenvalue weighted by atomic mass is 19.3. The van der Waals surface area contributed by atoms with E-state index in [-0.39, 0.29) is 17.7 Å². The second-order valence-corrected chi connectivity index (χ2v) is 6.21. The van der Waals surface area contributed by atoms with Crippen molar-refractivity contribution in [3.8, 4) is 5.75 Å². The van der Waals surface area contributed by atoms with Crippen molar-refractivity contribution in [2.75, 3.05) is 18.0 Å². The second kappa shape index (κ2) is 8.12. The van der Waals surface area contributed by atoms with Gasteiger partial charge in [-0.3, -0.25) is 4.79 Å². The molecule has 2 heterocycles. The van der Waals surface area contributed by atoms with Crippen LogP contribution in [-0.2, 0) is 0 Å². The van der Waals surface area contributed by atoms with Crippen molar-refractivity contribution >= 4 is 11.7 Å². The first-order valence-corrected chi connectivity index (χ1v) is 8.60. The highest BCUT2D eigenvalue weighted by molar-refractivity contribution is 5.99. The molecule has 1 aliphatic heterocycles. The molecule has 7 heteroatoms. The van der Waals surface area contributed by atoms with Gasteiger partial charge in [-0.05, 0) is 49.6 Å². The number of ether oxygens (including phenoxy) is 1. The number of aromatic nitrogens is 1. The molecule has 0 aliphatic carbocycles. The number of rotatable bonds is 6. The monoisotopic (exact) mass is 361 g/mol. The van der Waals surface area contributed by atoms with Gasteiger partial charge in [0.2, 0.25) is 0 Å². The first-order valence-electron chi connectivity index (χ1n) is 8.60. The van der Waals surface area contributed by atoms with Gasteiger partial charge in [0.05, 0.1) is 11.6 Å². The number of carbonyl (C=O) groups is 1. The fourth-order valence-corrected chi connectivity index (χ4v) is 3.05. The van der Waals surface area contributed by atoms with Crippen LogP contribution in [0.25, 0.3) is 0 Å². The van der Waals surface area contributed by atoms with Gasteiger partial charge in [-0.1, -0.05) is 12.1 Å². The zero-order chi connectivity index (χ0) is 18.5. The minimum atomic E-state index is -2.85. The Morgan fingerprint density at radius 2 is 1.88 bits per heavy atom. The van der Waals surface area contributed by atoms with E-state index in [4.69, 9.17) is 0 Å². The van der Waals surface area contributed by atoms with Crippen LogP contribution in [0.4, 0.5) is 14.6 Å². The third-order valence-corrected chi connectivity index (χ3v) is 4.39. The first-order chi connectivity index (χ1) is 12.5. The smallest absolute Gasteiger partial charge is 0.387 e. The van der Waals surface area contributed by atoms with Gasteiger partial charge >= 0.3 is 6.61 Å². The van der Waals surface area contributed by atoms with Gasteiger partial charge < -0.3 is 15.0 Å².